The number of hydrogen-bond donors (Lipinski definition) is 2. The Morgan fingerprint density at radius 3 is 2.35 bits per heavy atom. The lowest BCUT2D eigenvalue weighted by molar-refractivity contribution is -0.137. The van der Waals surface area contributed by atoms with Gasteiger partial charge in [0.05, 0.1) is 5.56 Å². The second-order valence-electron chi connectivity index (χ2n) is 6.84. The molecule has 1 aliphatic heterocycles. The first kappa shape index (κ1) is 18.7. The number of hydrazine groups is 1. The molecular weight excluding hydrogens is 347 g/mol. The molecule has 1 heterocycles. The molecule has 142 valence electrons. The number of hydrogen-bond acceptors (Lipinski definition) is 3. The van der Waals surface area contributed by atoms with Crippen molar-refractivity contribution in [2.75, 3.05) is 6.54 Å². The van der Waals surface area contributed by atoms with E-state index in [2.05, 4.69) is 10.7 Å². The van der Waals surface area contributed by atoms with Crippen LogP contribution in [-0.2, 0) is 15.8 Å². The van der Waals surface area contributed by atoms with Gasteiger partial charge < -0.3 is 5.32 Å². The maximum absolute atomic E-state index is 12.9. The maximum Gasteiger partial charge on any atom is 0.416 e. The van der Waals surface area contributed by atoms with E-state index in [1.54, 1.807) is 0 Å². The Labute approximate surface area is 149 Å². The van der Waals surface area contributed by atoms with E-state index in [1.807, 2.05) is 0 Å². The van der Waals surface area contributed by atoms with E-state index in [0.717, 1.165) is 44.2 Å². The van der Waals surface area contributed by atoms with Crippen molar-refractivity contribution in [2.45, 2.75) is 56.8 Å². The highest BCUT2D eigenvalue weighted by Gasteiger charge is 2.35. The predicted octanol–water partition coefficient (Wildman–Crippen LogP) is 2.93. The van der Waals surface area contributed by atoms with E-state index in [9.17, 15) is 22.8 Å². The molecule has 5 nitrogen and oxygen atoms in total. The number of nitrogens with one attached hydrogen (secondary N) is 2. The van der Waals surface area contributed by atoms with Crippen LogP contribution in [0.4, 0.5) is 13.2 Å². The van der Waals surface area contributed by atoms with Crippen LogP contribution in [0.2, 0.25) is 0 Å². The molecule has 1 saturated carbocycles. The van der Waals surface area contributed by atoms with Crippen LogP contribution in [0.1, 0.15) is 55.7 Å². The summed E-state index contributed by atoms with van der Waals surface area (Å²) in [6.07, 6.45) is 0.882. The Balaban J connectivity index is 1.80. The third-order valence-electron chi connectivity index (χ3n) is 4.91. The summed E-state index contributed by atoms with van der Waals surface area (Å²) in [7, 11) is 0. The van der Waals surface area contributed by atoms with Gasteiger partial charge in [-0.2, -0.15) is 13.2 Å². The number of amides is 2. The molecule has 2 aliphatic rings. The molecule has 1 unspecified atom stereocenters. The summed E-state index contributed by atoms with van der Waals surface area (Å²) in [5, 5.41) is 4.50. The highest BCUT2D eigenvalue weighted by molar-refractivity contribution is 5.85. The number of alkyl halides is 3. The third-order valence-corrected chi connectivity index (χ3v) is 4.91. The Hall–Kier alpha value is -2.09. The predicted molar refractivity (Wildman–Crippen MR) is 88.7 cm³/mol. The number of nitrogens with zero attached hydrogens (tertiary/aromatic N) is 1. The van der Waals surface area contributed by atoms with E-state index in [0.29, 0.717) is 12.1 Å². The highest BCUT2D eigenvalue weighted by Crippen LogP contribution is 2.31. The van der Waals surface area contributed by atoms with Crippen LogP contribution in [0.3, 0.4) is 0 Å². The molecule has 3 rings (SSSR count). The van der Waals surface area contributed by atoms with E-state index in [4.69, 9.17) is 0 Å². The van der Waals surface area contributed by atoms with Crippen LogP contribution < -0.4 is 10.7 Å². The van der Waals surface area contributed by atoms with E-state index >= 15 is 0 Å². The molecule has 0 aromatic heterocycles. The summed E-state index contributed by atoms with van der Waals surface area (Å²) in [5.41, 5.74) is 2.29. The summed E-state index contributed by atoms with van der Waals surface area (Å²) >= 11 is 0. The molecule has 2 amide bonds. The number of carbonyl (C=O) groups is 2. The van der Waals surface area contributed by atoms with Gasteiger partial charge in [-0.25, -0.2) is 5.01 Å². The second-order valence-corrected chi connectivity index (χ2v) is 6.84. The van der Waals surface area contributed by atoms with Gasteiger partial charge in [-0.1, -0.05) is 31.4 Å². The van der Waals surface area contributed by atoms with Crippen molar-refractivity contribution >= 4 is 11.8 Å². The van der Waals surface area contributed by atoms with Gasteiger partial charge >= 0.3 is 6.18 Å². The molecule has 2 fully saturated rings. The minimum absolute atomic E-state index is 0.0755. The average Bonchev–Trinajstić information content (AvgIpc) is 3.01. The fourth-order valence-corrected chi connectivity index (χ4v) is 3.54. The van der Waals surface area contributed by atoms with Crippen LogP contribution in [-0.4, -0.2) is 29.4 Å². The number of benzene rings is 1. The first-order valence-corrected chi connectivity index (χ1v) is 8.88. The van der Waals surface area contributed by atoms with Crippen LogP contribution >= 0.6 is 0 Å². The number of rotatable bonds is 4. The average molecular weight is 369 g/mol. The van der Waals surface area contributed by atoms with Gasteiger partial charge in [-0.05, 0) is 30.5 Å². The fraction of sp³-hybridized carbons (Fsp3) is 0.556. The molecule has 26 heavy (non-hydrogen) atoms. The molecule has 1 atom stereocenters. The maximum atomic E-state index is 12.9. The van der Waals surface area contributed by atoms with Crippen molar-refractivity contribution in [3.63, 3.8) is 0 Å². The van der Waals surface area contributed by atoms with E-state index < -0.39 is 17.8 Å². The smallest absolute Gasteiger partial charge is 0.352 e. The number of carbonyl (C=O) groups excluding carboxylic acids is 2. The van der Waals surface area contributed by atoms with Crippen molar-refractivity contribution in [2.24, 2.45) is 0 Å². The van der Waals surface area contributed by atoms with E-state index in [1.165, 1.54) is 17.1 Å². The summed E-state index contributed by atoms with van der Waals surface area (Å²) in [5.74, 6) is -0.494. The van der Waals surface area contributed by atoms with Crippen molar-refractivity contribution in [3.8, 4) is 0 Å². The monoisotopic (exact) mass is 369 g/mol. The third kappa shape index (κ3) is 4.35. The van der Waals surface area contributed by atoms with Crippen molar-refractivity contribution < 1.29 is 22.8 Å². The number of halogens is 3. The van der Waals surface area contributed by atoms with Crippen molar-refractivity contribution in [1.82, 2.24) is 15.8 Å². The normalized spacial score (nSPS) is 20.7. The van der Waals surface area contributed by atoms with Gasteiger partial charge in [0, 0.05) is 19.0 Å². The first-order chi connectivity index (χ1) is 12.3. The molecule has 1 aromatic rings. The Kier molecular flexibility index (Phi) is 5.50. The highest BCUT2D eigenvalue weighted by atomic mass is 19.4. The van der Waals surface area contributed by atoms with Gasteiger partial charge in [0.1, 0.15) is 6.04 Å². The van der Waals surface area contributed by atoms with Crippen molar-refractivity contribution in [3.05, 3.63) is 35.4 Å². The molecule has 1 aliphatic carbocycles. The summed E-state index contributed by atoms with van der Waals surface area (Å²) < 4.78 is 38.4. The summed E-state index contributed by atoms with van der Waals surface area (Å²) in [4.78, 5) is 24.4. The zero-order valence-corrected chi connectivity index (χ0v) is 14.3. The first-order valence-electron chi connectivity index (χ1n) is 8.88. The van der Waals surface area contributed by atoms with Gasteiger partial charge in [-0.15, -0.1) is 0 Å². The zero-order chi connectivity index (χ0) is 18.7. The Bertz CT molecular complexity index is 655. The lowest BCUT2D eigenvalue weighted by Crippen LogP contribution is -2.47. The van der Waals surface area contributed by atoms with Crippen LogP contribution in [0, 0.1) is 0 Å². The van der Waals surface area contributed by atoms with E-state index in [-0.39, 0.29) is 24.3 Å². The minimum atomic E-state index is -4.43. The van der Waals surface area contributed by atoms with Gasteiger partial charge in [-0.3, -0.25) is 15.0 Å². The summed E-state index contributed by atoms with van der Waals surface area (Å²) in [6.45, 7) is 0.336. The molecule has 0 radical (unpaired) electrons. The minimum Gasteiger partial charge on any atom is -0.352 e. The van der Waals surface area contributed by atoms with Gasteiger partial charge in [0.2, 0.25) is 11.8 Å². The van der Waals surface area contributed by atoms with Crippen LogP contribution in [0.15, 0.2) is 24.3 Å². The fourth-order valence-electron chi connectivity index (χ4n) is 3.54. The standard InChI is InChI=1S/C18H22F3N3O2/c19-18(20,21)13-8-6-12(7-9-13)16(24-11-10-15(25)23-24)17(26)22-14-4-2-1-3-5-14/h6-9,14,16H,1-5,10-11H2,(H,22,26)(H,23,25). The Morgan fingerprint density at radius 1 is 1.15 bits per heavy atom. The van der Waals surface area contributed by atoms with Crippen LogP contribution in [0.5, 0.6) is 0 Å². The lowest BCUT2D eigenvalue weighted by atomic mass is 9.94. The largest absolute Gasteiger partial charge is 0.416 e. The lowest BCUT2D eigenvalue weighted by Gasteiger charge is -2.30. The molecule has 2 N–H and O–H groups in total. The zero-order valence-electron chi connectivity index (χ0n) is 14.3. The molecule has 1 saturated heterocycles. The van der Waals surface area contributed by atoms with Gasteiger partial charge in [0.25, 0.3) is 0 Å². The molecule has 0 bridgehead atoms. The molecule has 8 heteroatoms. The summed E-state index contributed by atoms with van der Waals surface area (Å²) in [6, 6.07) is 3.77. The van der Waals surface area contributed by atoms with Gasteiger partial charge in [0.15, 0.2) is 0 Å². The quantitative estimate of drug-likeness (QED) is 0.858. The SMILES string of the molecule is O=C1CCN(C(C(=O)NC2CCCCC2)c2ccc(C(F)(F)F)cc2)N1. The Morgan fingerprint density at radius 2 is 1.81 bits per heavy atom. The van der Waals surface area contributed by atoms with Crippen LogP contribution in [0.25, 0.3) is 0 Å². The molecular formula is C18H22F3N3O2. The second kappa shape index (κ2) is 7.65. The topological polar surface area (TPSA) is 61.4 Å². The van der Waals surface area contributed by atoms with Crippen molar-refractivity contribution in [1.29, 1.82) is 0 Å². The molecule has 0 spiro atoms. The molecule has 1 aromatic carbocycles.